The Kier molecular flexibility index (Phi) is 3.53. The van der Waals surface area contributed by atoms with E-state index < -0.39 is 0 Å². The standard InChI is InChI=1S/C22H27N3O/c1-25(2)20-10-19(17-5-3-4-6-18(17)23-20)24-21(26)22-11-14-7-15(12-22)9-16(8-14)13-22/h3-6,10,14-16H,7-9,11-13H2,1-2H3,(H,23,24,26). The van der Waals surface area contributed by atoms with Crippen molar-refractivity contribution in [3.63, 3.8) is 0 Å². The van der Waals surface area contributed by atoms with Crippen molar-refractivity contribution in [1.29, 1.82) is 0 Å². The predicted octanol–water partition coefficient (Wildman–Crippen LogP) is 4.46. The monoisotopic (exact) mass is 349 g/mol. The van der Waals surface area contributed by atoms with Crippen molar-refractivity contribution in [3.05, 3.63) is 30.3 Å². The molecule has 4 bridgehead atoms. The van der Waals surface area contributed by atoms with Crippen LogP contribution in [-0.2, 0) is 4.79 Å². The van der Waals surface area contributed by atoms with Crippen molar-refractivity contribution in [2.24, 2.45) is 23.2 Å². The summed E-state index contributed by atoms with van der Waals surface area (Å²) < 4.78 is 0. The summed E-state index contributed by atoms with van der Waals surface area (Å²) in [6.07, 6.45) is 7.34. The number of pyridine rings is 1. The predicted molar refractivity (Wildman–Crippen MR) is 105 cm³/mol. The van der Waals surface area contributed by atoms with Crippen LogP contribution in [0.2, 0.25) is 0 Å². The van der Waals surface area contributed by atoms with Crippen LogP contribution in [0, 0.1) is 23.2 Å². The van der Waals surface area contributed by atoms with Gasteiger partial charge in [0.25, 0.3) is 0 Å². The molecule has 4 nitrogen and oxygen atoms in total. The van der Waals surface area contributed by atoms with Gasteiger partial charge in [0.1, 0.15) is 5.82 Å². The van der Waals surface area contributed by atoms with Gasteiger partial charge in [-0.2, -0.15) is 0 Å². The Labute approximate surface area is 155 Å². The largest absolute Gasteiger partial charge is 0.363 e. The number of anilines is 2. The summed E-state index contributed by atoms with van der Waals surface area (Å²) in [4.78, 5) is 20.1. The minimum absolute atomic E-state index is 0.128. The third kappa shape index (κ3) is 2.50. The molecule has 1 amide bonds. The molecule has 4 saturated carbocycles. The third-order valence-corrected chi connectivity index (χ3v) is 6.93. The zero-order valence-electron chi connectivity index (χ0n) is 15.7. The maximum Gasteiger partial charge on any atom is 0.230 e. The Hall–Kier alpha value is -2.10. The highest BCUT2D eigenvalue weighted by atomic mass is 16.2. The van der Waals surface area contributed by atoms with E-state index >= 15 is 0 Å². The molecular formula is C22H27N3O. The smallest absolute Gasteiger partial charge is 0.230 e. The van der Waals surface area contributed by atoms with Crippen molar-refractivity contribution >= 4 is 28.3 Å². The highest BCUT2D eigenvalue weighted by molar-refractivity contribution is 6.04. The normalized spacial score (nSPS) is 32.0. The first-order valence-corrected chi connectivity index (χ1v) is 9.91. The number of carbonyl (C=O) groups is 1. The lowest BCUT2D eigenvalue weighted by molar-refractivity contribution is -0.140. The van der Waals surface area contributed by atoms with Gasteiger partial charge in [-0.25, -0.2) is 4.98 Å². The van der Waals surface area contributed by atoms with E-state index in [4.69, 9.17) is 4.98 Å². The summed E-state index contributed by atoms with van der Waals surface area (Å²) >= 11 is 0. The highest BCUT2D eigenvalue weighted by Crippen LogP contribution is 2.60. The van der Waals surface area contributed by atoms with Gasteiger partial charge in [0.15, 0.2) is 0 Å². The van der Waals surface area contributed by atoms with Gasteiger partial charge in [0.05, 0.1) is 16.6 Å². The van der Waals surface area contributed by atoms with Crippen LogP contribution in [0.25, 0.3) is 10.9 Å². The Morgan fingerprint density at radius 3 is 2.31 bits per heavy atom. The molecule has 1 N–H and O–H groups in total. The molecule has 26 heavy (non-hydrogen) atoms. The van der Waals surface area contributed by atoms with Crippen LogP contribution in [0.5, 0.6) is 0 Å². The number of hydrogen-bond donors (Lipinski definition) is 1. The minimum atomic E-state index is -0.128. The summed E-state index contributed by atoms with van der Waals surface area (Å²) in [5.41, 5.74) is 1.71. The topological polar surface area (TPSA) is 45.2 Å². The fourth-order valence-electron chi connectivity index (χ4n) is 6.14. The lowest BCUT2D eigenvalue weighted by Crippen LogP contribution is -2.51. The summed E-state index contributed by atoms with van der Waals surface area (Å²) in [7, 11) is 3.98. The van der Waals surface area contributed by atoms with Crippen molar-refractivity contribution < 1.29 is 4.79 Å². The Balaban J connectivity index is 1.50. The van der Waals surface area contributed by atoms with E-state index in [1.54, 1.807) is 0 Å². The number of nitrogens with one attached hydrogen (secondary N) is 1. The molecule has 0 aliphatic heterocycles. The zero-order valence-corrected chi connectivity index (χ0v) is 15.7. The van der Waals surface area contributed by atoms with E-state index in [2.05, 4.69) is 11.4 Å². The SMILES string of the molecule is CN(C)c1cc(NC(=O)C23CC4CC(CC(C4)C2)C3)c2ccccc2n1. The third-order valence-electron chi connectivity index (χ3n) is 6.93. The number of carbonyl (C=O) groups excluding carboxylic acids is 1. The van der Waals surface area contributed by atoms with E-state index in [1.807, 2.05) is 43.3 Å². The number of aromatic nitrogens is 1. The van der Waals surface area contributed by atoms with Crippen molar-refractivity contribution in [1.82, 2.24) is 4.98 Å². The molecule has 1 aromatic carbocycles. The van der Waals surface area contributed by atoms with Gasteiger partial charge in [-0.1, -0.05) is 18.2 Å². The number of benzene rings is 1. The van der Waals surface area contributed by atoms with E-state index in [0.717, 1.165) is 59.4 Å². The van der Waals surface area contributed by atoms with Crippen LogP contribution in [-0.4, -0.2) is 25.0 Å². The molecule has 6 rings (SSSR count). The van der Waals surface area contributed by atoms with Crippen LogP contribution in [0.4, 0.5) is 11.5 Å². The molecule has 4 heteroatoms. The van der Waals surface area contributed by atoms with Gasteiger partial charge in [0.2, 0.25) is 5.91 Å². The molecule has 0 saturated heterocycles. The molecule has 2 aromatic rings. The second-order valence-corrected chi connectivity index (χ2v) is 9.09. The first-order valence-electron chi connectivity index (χ1n) is 9.91. The Morgan fingerprint density at radius 1 is 1.08 bits per heavy atom. The molecule has 1 heterocycles. The Morgan fingerprint density at radius 2 is 1.69 bits per heavy atom. The summed E-state index contributed by atoms with van der Waals surface area (Å²) in [6, 6.07) is 10.1. The molecule has 0 spiro atoms. The quantitative estimate of drug-likeness (QED) is 0.890. The molecule has 4 aliphatic rings. The summed E-state index contributed by atoms with van der Waals surface area (Å²) in [5.74, 6) is 3.46. The van der Waals surface area contributed by atoms with Gasteiger partial charge < -0.3 is 10.2 Å². The van der Waals surface area contributed by atoms with Crippen molar-refractivity contribution in [2.75, 3.05) is 24.3 Å². The van der Waals surface area contributed by atoms with Gasteiger partial charge in [-0.05, 0) is 62.3 Å². The van der Waals surface area contributed by atoms with Crippen LogP contribution in [0.1, 0.15) is 38.5 Å². The van der Waals surface area contributed by atoms with Crippen LogP contribution >= 0.6 is 0 Å². The Bertz CT molecular complexity index is 838. The maximum atomic E-state index is 13.4. The van der Waals surface area contributed by atoms with Crippen LogP contribution in [0.15, 0.2) is 30.3 Å². The van der Waals surface area contributed by atoms with Crippen molar-refractivity contribution in [2.45, 2.75) is 38.5 Å². The summed E-state index contributed by atoms with van der Waals surface area (Å²) in [6.45, 7) is 0. The van der Waals surface area contributed by atoms with Crippen LogP contribution in [0.3, 0.4) is 0 Å². The molecule has 0 atom stereocenters. The van der Waals surface area contributed by atoms with Gasteiger partial charge >= 0.3 is 0 Å². The highest BCUT2D eigenvalue weighted by Gasteiger charge is 2.54. The number of hydrogen-bond acceptors (Lipinski definition) is 3. The lowest BCUT2D eigenvalue weighted by atomic mass is 9.49. The number of rotatable bonds is 3. The van der Waals surface area contributed by atoms with Gasteiger partial charge in [-0.3, -0.25) is 4.79 Å². The molecule has 1 aromatic heterocycles. The van der Waals surface area contributed by atoms with E-state index in [-0.39, 0.29) is 11.3 Å². The van der Waals surface area contributed by atoms with Gasteiger partial charge in [0, 0.05) is 25.5 Å². The van der Waals surface area contributed by atoms with E-state index in [0.29, 0.717) is 0 Å². The first kappa shape index (κ1) is 16.1. The number of para-hydroxylation sites is 1. The molecule has 136 valence electrons. The number of amides is 1. The molecule has 4 fully saturated rings. The number of fused-ring (bicyclic) bond motifs is 1. The fourth-order valence-corrected chi connectivity index (χ4v) is 6.14. The van der Waals surface area contributed by atoms with E-state index in [1.165, 1.54) is 19.3 Å². The van der Waals surface area contributed by atoms with Gasteiger partial charge in [-0.15, -0.1) is 0 Å². The first-order chi connectivity index (χ1) is 12.5. The maximum absolute atomic E-state index is 13.4. The molecule has 0 radical (unpaired) electrons. The minimum Gasteiger partial charge on any atom is -0.363 e. The van der Waals surface area contributed by atoms with Crippen LogP contribution < -0.4 is 10.2 Å². The second-order valence-electron chi connectivity index (χ2n) is 9.09. The molecular weight excluding hydrogens is 322 g/mol. The van der Waals surface area contributed by atoms with Crippen molar-refractivity contribution in [3.8, 4) is 0 Å². The second kappa shape index (κ2) is 5.70. The fraction of sp³-hybridized carbons (Fsp3) is 0.545. The zero-order chi connectivity index (χ0) is 17.9. The average Bonchev–Trinajstić information content (AvgIpc) is 2.60. The molecule has 0 unspecified atom stereocenters. The lowest BCUT2D eigenvalue weighted by Gasteiger charge is -2.55. The summed E-state index contributed by atoms with van der Waals surface area (Å²) in [5, 5.41) is 4.36. The molecule has 4 aliphatic carbocycles. The van der Waals surface area contributed by atoms with E-state index in [9.17, 15) is 4.79 Å². The number of nitrogens with zero attached hydrogens (tertiary/aromatic N) is 2. The average molecular weight is 349 g/mol.